The first-order chi connectivity index (χ1) is 13.9. The molecule has 0 aliphatic rings. The van der Waals surface area contributed by atoms with E-state index in [1.54, 1.807) is 18.2 Å². The van der Waals surface area contributed by atoms with Crippen molar-refractivity contribution in [3.05, 3.63) is 78.0 Å². The number of fused-ring (bicyclic) bond motifs is 2. The van der Waals surface area contributed by atoms with Gasteiger partial charge in [-0.25, -0.2) is 9.97 Å². The molecule has 29 heavy (non-hydrogen) atoms. The van der Waals surface area contributed by atoms with E-state index in [2.05, 4.69) is 43.6 Å². The Balaban J connectivity index is 1.90. The molecular weight excluding hydrogens is 499 g/mol. The van der Waals surface area contributed by atoms with Crippen LogP contribution in [0.2, 0.25) is 5.15 Å². The van der Waals surface area contributed by atoms with Crippen LogP contribution in [0, 0.1) is 28.7 Å². The maximum atomic E-state index is 12.5. The molecular formula is C22H14ClIN4O. The summed E-state index contributed by atoms with van der Waals surface area (Å²) in [5.41, 5.74) is 4.00. The quantitative estimate of drug-likeness (QED) is 0.221. The minimum absolute atomic E-state index is 0.197. The fourth-order valence-corrected chi connectivity index (χ4v) is 3.98. The third-order valence-electron chi connectivity index (χ3n) is 4.58. The number of aryl methyl sites for hydroxylation is 2. The molecule has 4 rings (SSSR count). The minimum Gasteiger partial charge on any atom is -0.305 e. The van der Waals surface area contributed by atoms with Crippen molar-refractivity contribution < 1.29 is 0 Å². The number of benzene rings is 2. The third kappa shape index (κ3) is 3.76. The van der Waals surface area contributed by atoms with E-state index in [4.69, 9.17) is 11.6 Å². The van der Waals surface area contributed by atoms with Crippen molar-refractivity contribution in [2.24, 2.45) is 0 Å². The molecule has 0 radical (unpaired) electrons. The maximum Gasteiger partial charge on any atom is 0.259 e. The Bertz CT molecular complexity index is 1430. The molecule has 0 amide bonds. The molecule has 5 nitrogen and oxygen atoms in total. The van der Waals surface area contributed by atoms with Gasteiger partial charge in [-0.1, -0.05) is 23.2 Å². The number of H-pyrrole nitrogens is 1. The standard InChI is InChI=1S/C22H14ClIN4O/c1-11-5-12(2)19-13(6-11)7-14(20(23)27-19)8-15(10-25)21-26-18-4-3-16(24)9-17(18)22(29)28-21/h3-9H,1-2H3,(H,26,28,29). The van der Waals surface area contributed by atoms with Crippen LogP contribution in [0.3, 0.4) is 0 Å². The van der Waals surface area contributed by atoms with Crippen LogP contribution in [0.1, 0.15) is 22.5 Å². The molecule has 0 unspecified atom stereocenters. The SMILES string of the molecule is Cc1cc(C)c2nc(Cl)c(C=C(C#N)c3nc4ccc(I)cc4c(=O)[nH]3)cc2c1. The van der Waals surface area contributed by atoms with Crippen LogP contribution >= 0.6 is 34.2 Å². The van der Waals surface area contributed by atoms with E-state index in [1.807, 2.05) is 38.1 Å². The van der Waals surface area contributed by atoms with Gasteiger partial charge in [0.1, 0.15) is 11.2 Å². The molecule has 0 spiro atoms. The molecule has 0 saturated carbocycles. The zero-order chi connectivity index (χ0) is 20.7. The molecule has 142 valence electrons. The summed E-state index contributed by atoms with van der Waals surface area (Å²) >= 11 is 8.53. The van der Waals surface area contributed by atoms with Crippen molar-refractivity contribution in [3.8, 4) is 6.07 Å². The average Bonchev–Trinajstić information content (AvgIpc) is 2.67. The second-order valence-corrected chi connectivity index (χ2v) is 8.37. The number of rotatable bonds is 2. The first kappa shape index (κ1) is 19.6. The highest BCUT2D eigenvalue weighted by molar-refractivity contribution is 14.1. The predicted molar refractivity (Wildman–Crippen MR) is 125 cm³/mol. The second-order valence-electron chi connectivity index (χ2n) is 6.77. The van der Waals surface area contributed by atoms with Gasteiger partial charge >= 0.3 is 0 Å². The number of hydrogen-bond acceptors (Lipinski definition) is 4. The minimum atomic E-state index is -0.293. The summed E-state index contributed by atoms with van der Waals surface area (Å²) in [6, 6.07) is 13.5. The van der Waals surface area contributed by atoms with Crippen LogP contribution < -0.4 is 5.56 Å². The van der Waals surface area contributed by atoms with E-state index >= 15 is 0 Å². The van der Waals surface area contributed by atoms with E-state index in [0.717, 1.165) is 25.6 Å². The Morgan fingerprint density at radius 2 is 2.00 bits per heavy atom. The normalized spacial score (nSPS) is 11.8. The van der Waals surface area contributed by atoms with Crippen LogP contribution in [0.15, 0.2) is 41.2 Å². The van der Waals surface area contributed by atoms with Gasteiger partial charge in [0.15, 0.2) is 5.82 Å². The highest BCUT2D eigenvalue weighted by Gasteiger charge is 2.12. The monoisotopic (exact) mass is 512 g/mol. The summed E-state index contributed by atoms with van der Waals surface area (Å²) in [6.45, 7) is 4.00. The summed E-state index contributed by atoms with van der Waals surface area (Å²) in [5, 5.41) is 11.4. The lowest BCUT2D eigenvalue weighted by Gasteiger charge is -2.07. The van der Waals surface area contributed by atoms with E-state index in [1.165, 1.54) is 0 Å². The number of nitriles is 1. The molecule has 0 aliphatic carbocycles. The van der Waals surface area contributed by atoms with Gasteiger partial charge in [-0.3, -0.25) is 4.79 Å². The van der Waals surface area contributed by atoms with Crippen LogP contribution in [0.5, 0.6) is 0 Å². The second kappa shape index (κ2) is 7.58. The van der Waals surface area contributed by atoms with Crippen molar-refractivity contribution in [2.45, 2.75) is 13.8 Å². The van der Waals surface area contributed by atoms with Crippen molar-refractivity contribution in [1.29, 1.82) is 5.26 Å². The smallest absolute Gasteiger partial charge is 0.259 e. The summed E-state index contributed by atoms with van der Waals surface area (Å²) < 4.78 is 0.936. The molecule has 1 N–H and O–H groups in total. The molecule has 0 atom stereocenters. The van der Waals surface area contributed by atoms with Crippen LogP contribution in [0.4, 0.5) is 0 Å². The van der Waals surface area contributed by atoms with Crippen LogP contribution in [-0.2, 0) is 0 Å². The third-order valence-corrected chi connectivity index (χ3v) is 5.55. The molecule has 0 fully saturated rings. The Labute approximate surface area is 185 Å². The fourth-order valence-electron chi connectivity index (χ4n) is 3.29. The lowest BCUT2D eigenvalue weighted by Crippen LogP contribution is -2.11. The molecule has 7 heteroatoms. The fraction of sp³-hybridized carbons (Fsp3) is 0.0909. The Morgan fingerprint density at radius 1 is 1.21 bits per heavy atom. The van der Waals surface area contributed by atoms with E-state index in [0.29, 0.717) is 16.5 Å². The zero-order valence-electron chi connectivity index (χ0n) is 15.5. The van der Waals surface area contributed by atoms with Gasteiger partial charge in [0.05, 0.1) is 22.0 Å². The number of nitrogens with one attached hydrogen (secondary N) is 1. The van der Waals surface area contributed by atoms with Gasteiger partial charge in [0, 0.05) is 14.5 Å². The lowest BCUT2D eigenvalue weighted by molar-refractivity contribution is 1.13. The van der Waals surface area contributed by atoms with E-state index in [-0.39, 0.29) is 22.1 Å². The van der Waals surface area contributed by atoms with Gasteiger partial charge < -0.3 is 4.98 Å². The predicted octanol–water partition coefficient (Wildman–Crippen LogP) is 5.41. The van der Waals surface area contributed by atoms with Gasteiger partial charge in [-0.05, 0) is 78.4 Å². The van der Waals surface area contributed by atoms with Gasteiger partial charge in [0.25, 0.3) is 5.56 Å². The largest absolute Gasteiger partial charge is 0.305 e. The summed E-state index contributed by atoms with van der Waals surface area (Å²) in [7, 11) is 0. The molecule has 2 aromatic carbocycles. The molecule has 0 saturated heterocycles. The summed E-state index contributed by atoms with van der Waals surface area (Å²) in [5.74, 6) is 0.197. The number of hydrogen-bond donors (Lipinski definition) is 1. The number of halogens is 2. The summed E-state index contributed by atoms with van der Waals surface area (Å²) in [4.78, 5) is 24.1. The van der Waals surface area contributed by atoms with Crippen molar-refractivity contribution in [3.63, 3.8) is 0 Å². The van der Waals surface area contributed by atoms with Gasteiger partial charge in [-0.2, -0.15) is 5.26 Å². The highest BCUT2D eigenvalue weighted by Crippen LogP contribution is 2.27. The molecule has 0 aliphatic heterocycles. The average molecular weight is 513 g/mol. The molecule has 2 heterocycles. The number of aromatic amines is 1. The van der Waals surface area contributed by atoms with Crippen LogP contribution in [-0.4, -0.2) is 15.0 Å². The van der Waals surface area contributed by atoms with Crippen molar-refractivity contribution in [1.82, 2.24) is 15.0 Å². The Morgan fingerprint density at radius 3 is 2.76 bits per heavy atom. The molecule has 4 aromatic rings. The first-order valence-electron chi connectivity index (χ1n) is 8.75. The maximum absolute atomic E-state index is 12.5. The Kier molecular flexibility index (Phi) is 5.11. The van der Waals surface area contributed by atoms with E-state index in [9.17, 15) is 10.1 Å². The van der Waals surface area contributed by atoms with Gasteiger partial charge in [-0.15, -0.1) is 0 Å². The van der Waals surface area contributed by atoms with Crippen LogP contribution in [0.25, 0.3) is 33.5 Å². The Hall–Kier alpha value is -2.76. The number of aromatic nitrogens is 3. The molecule has 2 aromatic heterocycles. The summed E-state index contributed by atoms with van der Waals surface area (Å²) in [6.07, 6.45) is 1.60. The number of allylic oxidation sites excluding steroid dienone is 1. The lowest BCUT2D eigenvalue weighted by atomic mass is 10.0. The zero-order valence-corrected chi connectivity index (χ0v) is 18.5. The molecule has 0 bridgehead atoms. The first-order valence-corrected chi connectivity index (χ1v) is 10.2. The highest BCUT2D eigenvalue weighted by atomic mass is 127. The topological polar surface area (TPSA) is 82.4 Å². The van der Waals surface area contributed by atoms with Crippen molar-refractivity contribution >= 4 is 67.6 Å². The van der Waals surface area contributed by atoms with E-state index < -0.39 is 0 Å². The van der Waals surface area contributed by atoms with Gasteiger partial charge in [0.2, 0.25) is 0 Å². The number of nitrogens with zero attached hydrogens (tertiary/aromatic N) is 3. The van der Waals surface area contributed by atoms with Crippen molar-refractivity contribution in [2.75, 3.05) is 0 Å². The number of pyridine rings is 1.